The summed E-state index contributed by atoms with van der Waals surface area (Å²) in [5, 5.41) is 11.9. The molecule has 0 aromatic carbocycles. The molecule has 1 saturated heterocycles. The topological polar surface area (TPSA) is 125 Å². The van der Waals surface area contributed by atoms with Crippen molar-refractivity contribution in [3.63, 3.8) is 0 Å². The van der Waals surface area contributed by atoms with Crippen molar-refractivity contribution in [2.75, 3.05) is 34.8 Å². The largest absolute Gasteiger partial charge is 0.441 e. The first-order chi connectivity index (χ1) is 17.6. The molecule has 0 aliphatic carbocycles. The number of halogens is 3. The van der Waals surface area contributed by atoms with E-state index in [9.17, 15) is 22.8 Å². The van der Waals surface area contributed by atoms with Crippen molar-refractivity contribution < 1.29 is 32.3 Å². The number of hydrogen-bond acceptors (Lipinski definition) is 8. The standard InChI is InChI=1S/C24H23F3N6O4/c1-13-29-10-20(37-13)14-4-6-28-21(8-14)31-23(36)33-16-5-7-32(11-16)18-3-2-17(30-22(18)33)19(35)9-15(12-34)24(25,26)27/h2-4,6,8,10,15-16,34H,5,7,9,11-12H2,1H3,(H,28,31,36)/t15-,16+/m1/s1. The summed E-state index contributed by atoms with van der Waals surface area (Å²) in [5.41, 5.74) is 1.06. The number of aryl methyl sites for hydroxylation is 1. The molecular weight excluding hydrogens is 493 g/mol. The summed E-state index contributed by atoms with van der Waals surface area (Å²) in [6, 6.07) is 5.50. The van der Waals surface area contributed by atoms with Crippen molar-refractivity contribution >= 4 is 29.1 Å². The van der Waals surface area contributed by atoms with Crippen LogP contribution in [0.1, 0.15) is 29.2 Å². The van der Waals surface area contributed by atoms with Crippen LogP contribution in [0.2, 0.25) is 0 Å². The number of urea groups is 1. The number of nitrogens with one attached hydrogen (secondary N) is 1. The summed E-state index contributed by atoms with van der Waals surface area (Å²) in [6.45, 7) is 1.73. The number of nitrogens with zero attached hydrogens (tertiary/aromatic N) is 5. The van der Waals surface area contributed by atoms with E-state index in [2.05, 4.69) is 20.3 Å². The van der Waals surface area contributed by atoms with Gasteiger partial charge < -0.3 is 14.4 Å². The first-order valence-corrected chi connectivity index (χ1v) is 11.6. The lowest BCUT2D eigenvalue weighted by molar-refractivity contribution is -0.182. The van der Waals surface area contributed by atoms with Gasteiger partial charge in [0.1, 0.15) is 11.5 Å². The predicted molar refractivity (Wildman–Crippen MR) is 126 cm³/mol. The van der Waals surface area contributed by atoms with Crippen LogP contribution in [0.5, 0.6) is 0 Å². The van der Waals surface area contributed by atoms with Crippen LogP contribution >= 0.6 is 0 Å². The third-order valence-electron chi connectivity index (χ3n) is 6.47. The average Bonchev–Trinajstić information content (AvgIpc) is 3.48. The van der Waals surface area contributed by atoms with E-state index < -0.39 is 36.9 Å². The molecule has 2 aliphatic heterocycles. The first-order valence-electron chi connectivity index (χ1n) is 11.6. The molecule has 13 heteroatoms. The Morgan fingerprint density at radius 2 is 2.08 bits per heavy atom. The van der Waals surface area contributed by atoms with Gasteiger partial charge in [-0.25, -0.2) is 19.7 Å². The molecule has 0 spiro atoms. The molecule has 2 bridgehead atoms. The van der Waals surface area contributed by atoms with Gasteiger partial charge in [-0.1, -0.05) is 0 Å². The lowest BCUT2D eigenvalue weighted by atomic mass is 10.0. The lowest BCUT2D eigenvalue weighted by Crippen LogP contribution is -2.48. The number of ketones is 1. The molecule has 0 radical (unpaired) electrons. The zero-order chi connectivity index (χ0) is 26.3. The molecule has 2 atom stereocenters. The highest BCUT2D eigenvalue weighted by molar-refractivity contribution is 6.05. The Kier molecular flexibility index (Phi) is 6.31. The molecule has 2 amide bonds. The number of alkyl halides is 3. The van der Waals surface area contributed by atoms with Crippen LogP contribution in [0.25, 0.3) is 11.3 Å². The molecule has 10 nitrogen and oxygen atoms in total. The highest BCUT2D eigenvalue weighted by atomic mass is 19.4. The summed E-state index contributed by atoms with van der Waals surface area (Å²) in [4.78, 5) is 42.1. The fourth-order valence-corrected chi connectivity index (χ4v) is 4.56. The Labute approximate surface area is 209 Å². The maximum atomic E-state index is 13.4. The Balaban J connectivity index is 1.41. The van der Waals surface area contributed by atoms with Crippen molar-refractivity contribution in [2.24, 2.45) is 5.92 Å². The van der Waals surface area contributed by atoms with Gasteiger partial charge in [0.15, 0.2) is 23.3 Å². The van der Waals surface area contributed by atoms with E-state index in [1.807, 2.05) is 4.90 Å². The van der Waals surface area contributed by atoms with Crippen LogP contribution in [0.3, 0.4) is 0 Å². The number of oxazole rings is 1. The monoisotopic (exact) mass is 516 g/mol. The average molecular weight is 516 g/mol. The molecule has 0 unspecified atom stereocenters. The normalized spacial score (nSPS) is 17.5. The van der Waals surface area contributed by atoms with Crippen LogP contribution in [0.4, 0.5) is 35.3 Å². The van der Waals surface area contributed by atoms with E-state index >= 15 is 0 Å². The summed E-state index contributed by atoms with van der Waals surface area (Å²) in [6.07, 6.45) is -1.94. The van der Waals surface area contributed by atoms with Gasteiger partial charge in [0.05, 0.1) is 30.5 Å². The number of anilines is 3. The number of rotatable bonds is 6. The molecule has 0 saturated carbocycles. The fraction of sp³-hybridized carbons (Fsp3) is 0.375. The van der Waals surface area contributed by atoms with Crippen LogP contribution in [0.15, 0.2) is 41.1 Å². The number of aliphatic hydroxyl groups is 1. The summed E-state index contributed by atoms with van der Waals surface area (Å²) in [7, 11) is 0. The third-order valence-corrected chi connectivity index (χ3v) is 6.47. The van der Waals surface area contributed by atoms with Crippen LogP contribution in [-0.4, -0.2) is 63.8 Å². The van der Waals surface area contributed by atoms with Gasteiger partial charge in [-0.15, -0.1) is 0 Å². The van der Waals surface area contributed by atoms with E-state index in [4.69, 9.17) is 9.52 Å². The molecule has 5 rings (SSSR count). The van der Waals surface area contributed by atoms with E-state index in [1.54, 1.807) is 31.3 Å². The zero-order valence-electron chi connectivity index (χ0n) is 19.7. The minimum Gasteiger partial charge on any atom is -0.441 e. The van der Waals surface area contributed by atoms with Crippen molar-refractivity contribution in [2.45, 2.75) is 32.0 Å². The van der Waals surface area contributed by atoms with Gasteiger partial charge in [-0.3, -0.25) is 15.0 Å². The highest BCUT2D eigenvalue weighted by Gasteiger charge is 2.42. The van der Waals surface area contributed by atoms with Gasteiger partial charge in [0, 0.05) is 38.2 Å². The molecule has 1 fully saturated rings. The summed E-state index contributed by atoms with van der Waals surface area (Å²) >= 11 is 0. The fourth-order valence-electron chi connectivity index (χ4n) is 4.56. The molecule has 3 aromatic heterocycles. The molecule has 3 aromatic rings. The van der Waals surface area contributed by atoms with Crippen LogP contribution in [-0.2, 0) is 0 Å². The number of pyridine rings is 2. The molecule has 37 heavy (non-hydrogen) atoms. The number of fused-ring (bicyclic) bond motifs is 4. The van der Waals surface area contributed by atoms with E-state index in [1.165, 1.54) is 17.2 Å². The number of carbonyl (C=O) groups is 2. The minimum absolute atomic E-state index is 0.187. The number of aromatic nitrogens is 3. The second-order valence-electron chi connectivity index (χ2n) is 8.95. The molecule has 5 heterocycles. The van der Waals surface area contributed by atoms with Gasteiger partial charge in [-0.05, 0) is 30.7 Å². The van der Waals surface area contributed by atoms with Gasteiger partial charge in [0.25, 0.3) is 0 Å². The molecular formula is C24H23F3N6O4. The SMILES string of the molecule is Cc1ncc(-c2ccnc(NC(=O)N3c4nc(C(=O)C[C@H](CO)C(F)(F)F)ccc4N4CC[C@H]3C4)c2)o1. The Morgan fingerprint density at radius 3 is 2.78 bits per heavy atom. The van der Waals surface area contributed by atoms with Crippen molar-refractivity contribution in [3.8, 4) is 11.3 Å². The lowest BCUT2D eigenvalue weighted by Gasteiger charge is -2.35. The number of hydrogen-bond donors (Lipinski definition) is 2. The first kappa shape index (κ1) is 24.7. The van der Waals surface area contributed by atoms with Crippen LogP contribution in [0, 0.1) is 12.8 Å². The van der Waals surface area contributed by atoms with Crippen molar-refractivity contribution in [1.82, 2.24) is 15.0 Å². The smallest absolute Gasteiger partial charge is 0.394 e. The summed E-state index contributed by atoms with van der Waals surface area (Å²) in [5.74, 6) is -1.62. The predicted octanol–water partition coefficient (Wildman–Crippen LogP) is 3.81. The number of carbonyl (C=O) groups excluding carboxylic acids is 2. The third kappa shape index (κ3) is 4.86. The van der Waals surface area contributed by atoms with Gasteiger partial charge >= 0.3 is 12.2 Å². The maximum Gasteiger partial charge on any atom is 0.394 e. The second kappa shape index (κ2) is 9.47. The van der Waals surface area contributed by atoms with E-state index in [-0.39, 0.29) is 23.4 Å². The molecule has 2 aliphatic rings. The Morgan fingerprint density at radius 1 is 1.27 bits per heavy atom. The van der Waals surface area contributed by atoms with E-state index in [0.29, 0.717) is 42.4 Å². The number of aliphatic hydroxyl groups excluding tert-OH is 1. The van der Waals surface area contributed by atoms with Gasteiger partial charge in [-0.2, -0.15) is 13.2 Å². The number of Topliss-reactive ketones (excluding diaryl/α,β-unsaturated/α-hetero) is 1. The molecule has 194 valence electrons. The van der Waals surface area contributed by atoms with E-state index in [0.717, 1.165) is 0 Å². The number of amides is 2. The Hall–Kier alpha value is -4.00. The maximum absolute atomic E-state index is 13.4. The Bertz CT molecular complexity index is 1340. The van der Waals surface area contributed by atoms with Crippen LogP contribution < -0.4 is 15.1 Å². The van der Waals surface area contributed by atoms with Gasteiger partial charge in [0.2, 0.25) is 0 Å². The quantitative estimate of drug-likeness (QED) is 0.474. The zero-order valence-corrected chi connectivity index (χ0v) is 19.7. The molecule has 2 N–H and O–H groups in total. The summed E-state index contributed by atoms with van der Waals surface area (Å²) < 4.78 is 44.8. The minimum atomic E-state index is -4.72. The van der Waals surface area contributed by atoms with Crippen molar-refractivity contribution in [1.29, 1.82) is 0 Å². The van der Waals surface area contributed by atoms with Crippen molar-refractivity contribution in [3.05, 3.63) is 48.2 Å². The highest BCUT2D eigenvalue weighted by Crippen LogP contribution is 2.39. The second-order valence-corrected chi connectivity index (χ2v) is 8.95.